The summed E-state index contributed by atoms with van der Waals surface area (Å²) in [5.41, 5.74) is 6.51. The van der Waals surface area contributed by atoms with Gasteiger partial charge in [0.25, 0.3) is 5.91 Å². The molecule has 37 heavy (non-hydrogen) atoms. The maximum atomic E-state index is 13.8. The molecule has 2 aromatic heterocycles. The molecule has 1 saturated heterocycles. The van der Waals surface area contributed by atoms with E-state index in [9.17, 15) is 4.79 Å². The van der Waals surface area contributed by atoms with E-state index in [1.54, 1.807) is 17.5 Å². The van der Waals surface area contributed by atoms with Crippen LogP contribution in [-0.4, -0.2) is 41.2 Å². The lowest BCUT2D eigenvalue weighted by Gasteiger charge is -2.32. The molecule has 0 aliphatic carbocycles. The van der Waals surface area contributed by atoms with Crippen molar-refractivity contribution in [3.8, 4) is 0 Å². The second kappa shape index (κ2) is 11.6. The van der Waals surface area contributed by atoms with Crippen LogP contribution in [0, 0.1) is 0 Å². The van der Waals surface area contributed by atoms with Crippen molar-refractivity contribution in [2.45, 2.75) is 39.2 Å². The monoisotopic (exact) mass is 512 g/mol. The number of anilines is 1. The minimum Gasteiger partial charge on any atom is -0.396 e. The molecule has 1 aliphatic rings. The number of aromatic nitrogens is 1. The largest absolute Gasteiger partial charge is 0.396 e. The van der Waals surface area contributed by atoms with Crippen molar-refractivity contribution < 1.29 is 9.63 Å². The maximum Gasteiger partial charge on any atom is 0.257 e. The molecule has 190 valence electrons. The van der Waals surface area contributed by atoms with E-state index in [1.165, 1.54) is 5.56 Å². The molecule has 2 aromatic carbocycles. The molecule has 7 heteroatoms. The summed E-state index contributed by atoms with van der Waals surface area (Å²) >= 11 is 1.58. The number of thiophene rings is 1. The van der Waals surface area contributed by atoms with Gasteiger partial charge in [-0.15, -0.1) is 11.3 Å². The molecule has 6 nitrogen and oxygen atoms in total. The Labute approximate surface area is 222 Å². The Balaban J connectivity index is 1.43. The standard InChI is InChI=1S/C30H32N4O2S/c1-3-36-33-21(2)26-20-37-29-27(31-18-22-10-6-4-7-11-22)25(19-32-28(26)29)30(35)34-16-14-24(15-17-34)23-12-8-5-9-13-23/h4-13,19-20,24H,3,14-18H2,1-2H3,(H,31,32). The molecule has 0 radical (unpaired) electrons. The molecule has 3 heterocycles. The number of nitrogens with zero attached hydrogens (tertiary/aromatic N) is 3. The Kier molecular flexibility index (Phi) is 7.80. The van der Waals surface area contributed by atoms with Crippen molar-refractivity contribution in [3.63, 3.8) is 0 Å². The Morgan fingerprint density at radius 3 is 2.49 bits per heavy atom. The lowest BCUT2D eigenvalue weighted by Crippen LogP contribution is -2.38. The van der Waals surface area contributed by atoms with Crippen LogP contribution in [0.3, 0.4) is 0 Å². The Morgan fingerprint density at radius 1 is 1.08 bits per heavy atom. The SMILES string of the molecule is CCON=C(C)c1csc2c(NCc3ccccc3)c(C(=O)N3CCC(c4ccccc4)CC3)cnc12. The van der Waals surface area contributed by atoms with E-state index in [1.807, 2.05) is 42.3 Å². The maximum absolute atomic E-state index is 13.8. The fraction of sp³-hybridized carbons (Fsp3) is 0.300. The molecule has 0 unspecified atom stereocenters. The van der Waals surface area contributed by atoms with Crippen LogP contribution >= 0.6 is 11.3 Å². The third-order valence-electron chi connectivity index (χ3n) is 6.90. The summed E-state index contributed by atoms with van der Waals surface area (Å²) in [5, 5.41) is 9.83. The number of piperidine rings is 1. The summed E-state index contributed by atoms with van der Waals surface area (Å²) < 4.78 is 0.960. The van der Waals surface area contributed by atoms with Gasteiger partial charge in [-0.3, -0.25) is 9.78 Å². The number of amides is 1. The zero-order chi connectivity index (χ0) is 25.6. The highest BCUT2D eigenvalue weighted by molar-refractivity contribution is 7.18. The van der Waals surface area contributed by atoms with E-state index in [2.05, 4.69) is 52.9 Å². The summed E-state index contributed by atoms with van der Waals surface area (Å²) in [6.07, 6.45) is 3.66. The van der Waals surface area contributed by atoms with Gasteiger partial charge in [0.15, 0.2) is 0 Å². The smallest absolute Gasteiger partial charge is 0.257 e. The number of rotatable bonds is 8. The van der Waals surface area contributed by atoms with E-state index in [0.29, 0.717) is 24.6 Å². The second-order valence-corrected chi connectivity index (χ2v) is 10.2. The van der Waals surface area contributed by atoms with Crippen LogP contribution < -0.4 is 5.32 Å². The predicted molar refractivity (Wildman–Crippen MR) is 152 cm³/mol. The van der Waals surface area contributed by atoms with Gasteiger partial charge in [0.05, 0.1) is 27.2 Å². The molecule has 4 aromatic rings. The summed E-state index contributed by atoms with van der Waals surface area (Å²) in [7, 11) is 0. The lowest BCUT2D eigenvalue weighted by atomic mass is 9.89. The summed E-state index contributed by atoms with van der Waals surface area (Å²) in [6.45, 7) is 6.44. The number of likely N-dealkylation sites (tertiary alicyclic amines) is 1. The van der Waals surface area contributed by atoms with Crippen molar-refractivity contribution in [3.05, 3.63) is 94.5 Å². The van der Waals surface area contributed by atoms with Gasteiger partial charge in [-0.2, -0.15) is 0 Å². The van der Waals surface area contributed by atoms with Crippen LogP contribution in [0.1, 0.15) is 59.7 Å². The van der Waals surface area contributed by atoms with Gasteiger partial charge >= 0.3 is 0 Å². The van der Waals surface area contributed by atoms with E-state index in [0.717, 1.165) is 58.7 Å². The molecule has 5 rings (SSSR count). The highest BCUT2D eigenvalue weighted by atomic mass is 32.1. The molecule has 0 atom stereocenters. The first-order chi connectivity index (χ1) is 18.2. The van der Waals surface area contributed by atoms with Gasteiger partial charge in [-0.25, -0.2) is 0 Å². The first-order valence-electron chi connectivity index (χ1n) is 12.8. The quantitative estimate of drug-likeness (QED) is 0.211. The lowest BCUT2D eigenvalue weighted by molar-refractivity contribution is 0.0713. The molecule has 1 fully saturated rings. The van der Waals surface area contributed by atoms with Gasteiger partial charge in [-0.05, 0) is 43.7 Å². The summed E-state index contributed by atoms with van der Waals surface area (Å²) in [4.78, 5) is 25.8. The zero-order valence-electron chi connectivity index (χ0n) is 21.3. The van der Waals surface area contributed by atoms with Crippen LogP contribution in [0.5, 0.6) is 0 Å². The van der Waals surface area contributed by atoms with Gasteiger partial charge in [0, 0.05) is 36.8 Å². The fourth-order valence-electron chi connectivity index (χ4n) is 4.88. The van der Waals surface area contributed by atoms with Crippen LogP contribution in [0.25, 0.3) is 10.2 Å². The Hall–Kier alpha value is -3.71. The van der Waals surface area contributed by atoms with Crippen molar-refractivity contribution in [2.75, 3.05) is 25.0 Å². The van der Waals surface area contributed by atoms with Gasteiger partial charge < -0.3 is 15.1 Å². The molecule has 0 spiro atoms. The van der Waals surface area contributed by atoms with Crippen LogP contribution in [0.2, 0.25) is 0 Å². The third kappa shape index (κ3) is 5.52. The fourth-order valence-corrected chi connectivity index (χ4v) is 5.97. The number of pyridine rings is 1. The predicted octanol–water partition coefficient (Wildman–Crippen LogP) is 6.69. The number of oxime groups is 1. The van der Waals surface area contributed by atoms with Crippen molar-refractivity contribution in [1.29, 1.82) is 0 Å². The highest BCUT2D eigenvalue weighted by Crippen LogP contribution is 2.36. The molecule has 0 saturated carbocycles. The normalized spacial score (nSPS) is 14.6. The summed E-state index contributed by atoms with van der Waals surface area (Å²) in [6, 6.07) is 20.8. The molecule has 1 amide bonds. The number of benzene rings is 2. The van der Waals surface area contributed by atoms with Crippen molar-refractivity contribution in [1.82, 2.24) is 9.88 Å². The first kappa shape index (κ1) is 25.0. The topological polar surface area (TPSA) is 66.8 Å². The van der Waals surface area contributed by atoms with Crippen LogP contribution in [-0.2, 0) is 11.4 Å². The molecular formula is C30H32N4O2S. The molecule has 1 N–H and O–H groups in total. The summed E-state index contributed by atoms with van der Waals surface area (Å²) in [5.74, 6) is 0.528. The Morgan fingerprint density at radius 2 is 1.78 bits per heavy atom. The van der Waals surface area contributed by atoms with E-state index in [-0.39, 0.29) is 5.91 Å². The van der Waals surface area contributed by atoms with E-state index >= 15 is 0 Å². The number of hydrogen-bond donors (Lipinski definition) is 1. The Bertz CT molecular complexity index is 1380. The average Bonchev–Trinajstić information content (AvgIpc) is 3.40. The molecular weight excluding hydrogens is 480 g/mol. The van der Waals surface area contributed by atoms with E-state index < -0.39 is 0 Å². The van der Waals surface area contributed by atoms with Crippen LogP contribution in [0.15, 0.2) is 77.4 Å². The third-order valence-corrected chi connectivity index (χ3v) is 7.89. The minimum absolute atomic E-state index is 0.0335. The minimum atomic E-state index is 0.0335. The first-order valence-corrected chi connectivity index (χ1v) is 13.7. The second-order valence-electron chi connectivity index (χ2n) is 9.28. The molecule has 0 bridgehead atoms. The number of fused-ring (bicyclic) bond motifs is 1. The average molecular weight is 513 g/mol. The van der Waals surface area contributed by atoms with Gasteiger partial charge in [0.1, 0.15) is 6.61 Å². The zero-order valence-corrected chi connectivity index (χ0v) is 22.1. The number of hydrogen-bond acceptors (Lipinski definition) is 6. The van der Waals surface area contributed by atoms with Crippen molar-refractivity contribution in [2.24, 2.45) is 5.16 Å². The number of nitrogens with one attached hydrogen (secondary N) is 1. The molecule has 1 aliphatic heterocycles. The number of carbonyl (C=O) groups is 1. The van der Waals surface area contributed by atoms with Gasteiger partial charge in [-0.1, -0.05) is 65.8 Å². The highest BCUT2D eigenvalue weighted by Gasteiger charge is 2.27. The van der Waals surface area contributed by atoms with Crippen molar-refractivity contribution >= 4 is 38.9 Å². The number of carbonyl (C=O) groups excluding carboxylic acids is 1. The van der Waals surface area contributed by atoms with E-state index in [4.69, 9.17) is 9.82 Å². The van der Waals surface area contributed by atoms with Gasteiger partial charge in [0.2, 0.25) is 0 Å². The van der Waals surface area contributed by atoms with Crippen LogP contribution in [0.4, 0.5) is 5.69 Å².